The van der Waals surface area contributed by atoms with Crippen molar-refractivity contribution in [1.82, 2.24) is 4.90 Å². The first-order valence-corrected chi connectivity index (χ1v) is 11.1. The number of benzene rings is 2. The van der Waals surface area contributed by atoms with Gasteiger partial charge < -0.3 is 9.47 Å². The first-order valence-electron chi connectivity index (χ1n) is 10.7. The molecule has 0 bridgehead atoms. The summed E-state index contributed by atoms with van der Waals surface area (Å²) in [6, 6.07) is 16.7. The minimum absolute atomic E-state index is 0.109. The van der Waals surface area contributed by atoms with Crippen LogP contribution in [0.15, 0.2) is 54.6 Å². The fourth-order valence-corrected chi connectivity index (χ4v) is 4.65. The molecule has 31 heavy (non-hydrogen) atoms. The minimum Gasteiger partial charge on any atom is -0.446 e. The molecule has 2 aromatic rings. The van der Waals surface area contributed by atoms with Crippen LogP contribution in [0.4, 0.5) is 4.79 Å². The molecule has 0 aliphatic carbocycles. The first kappa shape index (κ1) is 21.8. The fourth-order valence-electron chi connectivity index (χ4n) is 4.53. The molecule has 0 N–H and O–H groups in total. The molecule has 2 heterocycles. The second kappa shape index (κ2) is 9.01. The highest BCUT2D eigenvalue weighted by molar-refractivity contribution is 6.30. The number of cyclic esters (lactones) is 1. The summed E-state index contributed by atoms with van der Waals surface area (Å²) in [6.07, 6.45) is 1.31. The maximum absolute atomic E-state index is 13.4. The number of nitrogens with zero attached hydrogens (tertiary/aromatic N) is 1. The van der Waals surface area contributed by atoms with E-state index in [-0.39, 0.29) is 36.4 Å². The molecule has 2 fully saturated rings. The van der Waals surface area contributed by atoms with Gasteiger partial charge in [-0.25, -0.2) is 9.69 Å². The summed E-state index contributed by atoms with van der Waals surface area (Å²) in [6.45, 7) is 5.29. The predicted molar refractivity (Wildman–Crippen MR) is 119 cm³/mol. The minimum atomic E-state index is -0.585. The van der Waals surface area contributed by atoms with Gasteiger partial charge in [0, 0.05) is 24.0 Å². The van der Waals surface area contributed by atoms with Crippen LogP contribution < -0.4 is 0 Å². The number of halogens is 1. The van der Waals surface area contributed by atoms with E-state index in [2.05, 4.69) is 13.8 Å². The van der Waals surface area contributed by atoms with E-state index in [1.807, 2.05) is 54.6 Å². The Morgan fingerprint density at radius 1 is 1.16 bits per heavy atom. The molecular formula is C25H28ClNO4. The van der Waals surface area contributed by atoms with E-state index in [9.17, 15) is 9.59 Å². The van der Waals surface area contributed by atoms with Crippen LogP contribution in [0.3, 0.4) is 0 Å². The molecule has 5 nitrogen and oxygen atoms in total. The second-order valence-electron chi connectivity index (χ2n) is 9.16. The average molecular weight is 442 g/mol. The summed E-state index contributed by atoms with van der Waals surface area (Å²) < 4.78 is 11.4. The van der Waals surface area contributed by atoms with Crippen molar-refractivity contribution >= 4 is 23.6 Å². The van der Waals surface area contributed by atoms with Crippen LogP contribution in [0.1, 0.15) is 56.2 Å². The van der Waals surface area contributed by atoms with Crippen LogP contribution in [-0.4, -0.2) is 36.2 Å². The highest BCUT2D eigenvalue weighted by Crippen LogP contribution is 2.40. The first-order chi connectivity index (χ1) is 14.8. The SMILES string of the molecule is CC1(C)CCOC([C@H](CC(=O)N2C(=O)OC[C@H]2c2ccccc2)c2ccc(Cl)cc2)C1. The Balaban J connectivity index is 1.60. The molecule has 0 spiro atoms. The van der Waals surface area contributed by atoms with Crippen molar-refractivity contribution in [2.45, 2.75) is 51.2 Å². The van der Waals surface area contributed by atoms with Crippen LogP contribution in [0.25, 0.3) is 0 Å². The number of ether oxygens (including phenoxy) is 2. The van der Waals surface area contributed by atoms with Crippen LogP contribution >= 0.6 is 11.6 Å². The molecule has 2 aromatic carbocycles. The zero-order chi connectivity index (χ0) is 22.0. The number of amides is 2. The zero-order valence-corrected chi connectivity index (χ0v) is 18.7. The molecule has 6 heteroatoms. The Hall–Kier alpha value is -2.37. The predicted octanol–water partition coefficient (Wildman–Crippen LogP) is 5.74. The van der Waals surface area contributed by atoms with E-state index in [4.69, 9.17) is 21.1 Å². The Morgan fingerprint density at radius 2 is 1.87 bits per heavy atom. The van der Waals surface area contributed by atoms with Gasteiger partial charge in [0.2, 0.25) is 5.91 Å². The van der Waals surface area contributed by atoms with E-state index in [0.717, 1.165) is 24.0 Å². The number of carbonyl (C=O) groups is 2. The third kappa shape index (κ3) is 4.94. The van der Waals surface area contributed by atoms with Gasteiger partial charge in [-0.2, -0.15) is 0 Å². The maximum Gasteiger partial charge on any atom is 0.417 e. The lowest BCUT2D eigenvalue weighted by Gasteiger charge is -2.39. The van der Waals surface area contributed by atoms with Crippen molar-refractivity contribution in [3.05, 3.63) is 70.7 Å². The third-order valence-electron chi connectivity index (χ3n) is 6.33. The van der Waals surface area contributed by atoms with E-state index < -0.39 is 12.1 Å². The molecule has 4 rings (SSSR count). The molecule has 1 unspecified atom stereocenters. The second-order valence-corrected chi connectivity index (χ2v) is 9.59. The molecule has 0 saturated carbocycles. The summed E-state index contributed by atoms with van der Waals surface area (Å²) in [5.41, 5.74) is 2.01. The number of rotatable bonds is 5. The molecule has 2 amide bonds. The van der Waals surface area contributed by atoms with Crippen molar-refractivity contribution in [3.8, 4) is 0 Å². The quantitative estimate of drug-likeness (QED) is 0.593. The summed E-state index contributed by atoms with van der Waals surface area (Å²) in [5.74, 6) is -0.419. The zero-order valence-electron chi connectivity index (χ0n) is 17.9. The molecule has 2 aliphatic heterocycles. The molecule has 2 aliphatic rings. The molecular weight excluding hydrogens is 414 g/mol. The van der Waals surface area contributed by atoms with Gasteiger partial charge in [-0.05, 0) is 41.5 Å². The number of hydrogen-bond acceptors (Lipinski definition) is 4. The van der Waals surface area contributed by atoms with Gasteiger partial charge in [0.15, 0.2) is 0 Å². The third-order valence-corrected chi connectivity index (χ3v) is 6.58. The lowest BCUT2D eigenvalue weighted by molar-refractivity contribution is -0.131. The largest absolute Gasteiger partial charge is 0.446 e. The Bertz CT molecular complexity index is 928. The van der Waals surface area contributed by atoms with E-state index in [1.165, 1.54) is 4.90 Å². The molecule has 0 radical (unpaired) electrons. The van der Waals surface area contributed by atoms with Gasteiger partial charge >= 0.3 is 6.09 Å². The van der Waals surface area contributed by atoms with Gasteiger partial charge in [-0.15, -0.1) is 0 Å². The number of carbonyl (C=O) groups excluding carboxylic acids is 2. The van der Waals surface area contributed by atoms with Crippen molar-refractivity contribution in [2.24, 2.45) is 5.41 Å². The van der Waals surface area contributed by atoms with E-state index >= 15 is 0 Å². The van der Waals surface area contributed by atoms with Gasteiger partial charge in [0.1, 0.15) is 12.6 Å². The summed E-state index contributed by atoms with van der Waals surface area (Å²) in [4.78, 5) is 27.2. The Morgan fingerprint density at radius 3 is 2.55 bits per heavy atom. The lowest BCUT2D eigenvalue weighted by Crippen LogP contribution is -2.39. The summed E-state index contributed by atoms with van der Waals surface area (Å²) in [5, 5.41) is 0.644. The topological polar surface area (TPSA) is 55.8 Å². The fraction of sp³-hybridized carbons (Fsp3) is 0.440. The molecule has 2 saturated heterocycles. The monoisotopic (exact) mass is 441 g/mol. The highest BCUT2D eigenvalue weighted by atomic mass is 35.5. The van der Waals surface area contributed by atoms with Crippen molar-refractivity contribution in [1.29, 1.82) is 0 Å². The van der Waals surface area contributed by atoms with Crippen LogP contribution in [-0.2, 0) is 14.3 Å². The van der Waals surface area contributed by atoms with Gasteiger partial charge in [0.25, 0.3) is 0 Å². The normalized spacial score (nSPS) is 24.0. The van der Waals surface area contributed by atoms with Crippen molar-refractivity contribution in [3.63, 3.8) is 0 Å². The van der Waals surface area contributed by atoms with Crippen molar-refractivity contribution in [2.75, 3.05) is 13.2 Å². The van der Waals surface area contributed by atoms with Gasteiger partial charge in [0.05, 0.1) is 6.10 Å². The van der Waals surface area contributed by atoms with E-state index in [0.29, 0.717) is 11.6 Å². The van der Waals surface area contributed by atoms with Gasteiger partial charge in [-0.3, -0.25) is 4.79 Å². The highest BCUT2D eigenvalue weighted by Gasteiger charge is 2.42. The molecule has 0 aromatic heterocycles. The molecule has 3 atom stereocenters. The number of imide groups is 1. The van der Waals surface area contributed by atoms with E-state index in [1.54, 1.807) is 0 Å². The average Bonchev–Trinajstić information content (AvgIpc) is 3.14. The van der Waals surface area contributed by atoms with Crippen LogP contribution in [0, 0.1) is 5.41 Å². The maximum atomic E-state index is 13.4. The van der Waals surface area contributed by atoms with Crippen LogP contribution in [0.5, 0.6) is 0 Å². The Kier molecular flexibility index (Phi) is 6.35. The lowest BCUT2D eigenvalue weighted by atomic mass is 9.76. The van der Waals surface area contributed by atoms with Crippen LogP contribution in [0.2, 0.25) is 5.02 Å². The summed E-state index contributed by atoms with van der Waals surface area (Å²) >= 11 is 6.10. The van der Waals surface area contributed by atoms with Gasteiger partial charge in [-0.1, -0.05) is 67.9 Å². The standard InChI is InChI=1S/C25H28ClNO4/c1-25(2)12-13-30-22(15-25)20(17-8-10-19(26)11-9-17)14-23(28)27-21(16-31-24(27)29)18-6-4-3-5-7-18/h3-11,20-22H,12-16H2,1-2H3/t20-,21+,22?/m1/s1. The Labute approximate surface area is 188 Å². The smallest absolute Gasteiger partial charge is 0.417 e. The van der Waals surface area contributed by atoms with Crippen molar-refractivity contribution < 1.29 is 19.1 Å². The summed E-state index contributed by atoms with van der Waals surface area (Å²) in [7, 11) is 0. The number of hydrogen-bond donors (Lipinski definition) is 0. The molecule has 164 valence electrons.